The van der Waals surface area contributed by atoms with Crippen molar-refractivity contribution in [1.29, 1.82) is 0 Å². The van der Waals surface area contributed by atoms with E-state index in [2.05, 4.69) is 36.5 Å². The van der Waals surface area contributed by atoms with E-state index in [1.54, 1.807) is 0 Å². The average molecular weight is 353 g/mol. The summed E-state index contributed by atoms with van der Waals surface area (Å²) < 4.78 is 0. The van der Waals surface area contributed by atoms with Gasteiger partial charge in [0.2, 0.25) is 5.91 Å². The molecule has 0 spiro atoms. The zero-order valence-electron chi connectivity index (χ0n) is 15.3. The molecule has 4 bridgehead atoms. The molecule has 2 N–H and O–H groups in total. The van der Waals surface area contributed by atoms with Gasteiger partial charge in [0, 0.05) is 6.04 Å². The van der Waals surface area contributed by atoms with Gasteiger partial charge in [-0.1, -0.05) is 29.8 Å². The second kappa shape index (κ2) is 5.34. The minimum atomic E-state index is -0.611. The molecular formula is C22H27NO3. The zero-order chi connectivity index (χ0) is 18.1. The van der Waals surface area contributed by atoms with Gasteiger partial charge in [-0.15, -0.1) is 0 Å². The Labute approximate surface area is 154 Å². The maximum atomic E-state index is 13.2. The van der Waals surface area contributed by atoms with Gasteiger partial charge in [-0.25, -0.2) is 0 Å². The van der Waals surface area contributed by atoms with Crippen molar-refractivity contribution in [1.82, 2.24) is 5.32 Å². The van der Waals surface area contributed by atoms with Crippen LogP contribution in [0.1, 0.15) is 56.1 Å². The first-order valence-electron chi connectivity index (χ1n) is 10.0. The van der Waals surface area contributed by atoms with E-state index in [1.807, 2.05) is 0 Å². The van der Waals surface area contributed by atoms with E-state index >= 15 is 0 Å². The minimum absolute atomic E-state index is 0.170. The van der Waals surface area contributed by atoms with Crippen LogP contribution in [0.5, 0.6) is 0 Å². The molecule has 0 radical (unpaired) electrons. The molecule has 2 atom stereocenters. The second-order valence-corrected chi connectivity index (χ2v) is 9.50. The predicted octanol–water partition coefficient (Wildman–Crippen LogP) is 3.42. The topological polar surface area (TPSA) is 66.4 Å². The molecule has 6 rings (SSSR count). The fourth-order valence-corrected chi connectivity index (χ4v) is 6.46. The van der Waals surface area contributed by atoms with Crippen LogP contribution in [0.3, 0.4) is 0 Å². The summed E-state index contributed by atoms with van der Waals surface area (Å²) in [5.41, 5.74) is 1.50. The second-order valence-electron chi connectivity index (χ2n) is 9.50. The molecule has 1 amide bonds. The molecule has 138 valence electrons. The third-order valence-corrected chi connectivity index (χ3v) is 7.81. The van der Waals surface area contributed by atoms with Crippen molar-refractivity contribution in [3.8, 4) is 0 Å². The third kappa shape index (κ3) is 2.27. The number of nitrogens with one attached hydrogen (secondary N) is 1. The first-order chi connectivity index (χ1) is 12.4. The van der Waals surface area contributed by atoms with Crippen molar-refractivity contribution in [2.45, 2.75) is 63.3 Å². The summed E-state index contributed by atoms with van der Waals surface area (Å²) in [5.74, 6) is 0.789. The maximum absolute atomic E-state index is 13.2. The summed E-state index contributed by atoms with van der Waals surface area (Å²) in [7, 11) is 0. The lowest BCUT2D eigenvalue weighted by molar-refractivity contribution is -0.167. The number of carboxylic acid groups (broad SMARTS) is 1. The summed E-state index contributed by atoms with van der Waals surface area (Å²) in [6, 6.07) is 8.54. The van der Waals surface area contributed by atoms with Crippen LogP contribution in [0, 0.1) is 30.1 Å². The van der Waals surface area contributed by atoms with Crippen molar-refractivity contribution in [2.75, 3.05) is 0 Å². The summed E-state index contributed by atoms with van der Waals surface area (Å²) in [4.78, 5) is 25.1. The number of rotatable bonds is 4. The predicted molar refractivity (Wildman–Crippen MR) is 97.6 cm³/mol. The Hall–Kier alpha value is -1.84. The van der Waals surface area contributed by atoms with Gasteiger partial charge < -0.3 is 10.4 Å². The molecule has 5 aliphatic carbocycles. The molecule has 26 heavy (non-hydrogen) atoms. The van der Waals surface area contributed by atoms with Gasteiger partial charge in [0.1, 0.15) is 0 Å². The molecule has 0 aliphatic heterocycles. The number of carbonyl (C=O) groups is 2. The van der Waals surface area contributed by atoms with E-state index in [0.717, 1.165) is 50.5 Å². The largest absolute Gasteiger partial charge is 0.481 e. The summed E-state index contributed by atoms with van der Waals surface area (Å²) in [5, 5.41) is 13.2. The first-order valence-corrected chi connectivity index (χ1v) is 10.0. The van der Waals surface area contributed by atoms with Crippen LogP contribution in [0.4, 0.5) is 0 Å². The Balaban J connectivity index is 1.35. The number of aliphatic carboxylic acids is 1. The van der Waals surface area contributed by atoms with Crippen LogP contribution in [-0.2, 0) is 15.0 Å². The van der Waals surface area contributed by atoms with E-state index in [-0.39, 0.29) is 17.4 Å². The molecule has 2 unspecified atom stereocenters. The van der Waals surface area contributed by atoms with Gasteiger partial charge in [-0.05, 0) is 75.2 Å². The van der Waals surface area contributed by atoms with Crippen LogP contribution in [-0.4, -0.2) is 23.0 Å². The Morgan fingerprint density at radius 1 is 1.04 bits per heavy atom. The van der Waals surface area contributed by atoms with Crippen LogP contribution in [0.2, 0.25) is 0 Å². The molecular weight excluding hydrogens is 326 g/mol. The molecule has 4 nitrogen and oxygen atoms in total. The third-order valence-electron chi connectivity index (χ3n) is 7.81. The summed E-state index contributed by atoms with van der Waals surface area (Å²) >= 11 is 0. The van der Waals surface area contributed by atoms with Gasteiger partial charge in [-0.2, -0.15) is 0 Å². The smallest absolute Gasteiger partial charge is 0.309 e. The Morgan fingerprint density at radius 2 is 1.65 bits per heavy atom. The van der Waals surface area contributed by atoms with Crippen LogP contribution < -0.4 is 5.32 Å². The number of benzene rings is 1. The Kier molecular flexibility index (Phi) is 3.35. The van der Waals surface area contributed by atoms with Crippen LogP contribution >= 0.6 is 0 Å². The van der Waals surface area contributed by atoms with E-state index < -0.39 is 11.4 Å². The SMILES string of the molecule is Cc1ccc(C2(C(=O)NC3C4CC5CC3CC(C(=O)O)(C5)C4)CC2)cc1. The lowest BCUT2D eigenvalue weighted by Crippen LogP contribution is -2.61. The lowest BCUT2D eigenvalue weighted by atomic mass is 9.48. The number of hydrogen-bond donors (Lipinski definition) is 2. The highest BCUT2D eigenvalue weighted by Crippen LogP contribution is 2.60. The number of carboxylic acids is 1. The molecule has 0 saturated heterocycles. The highest BCUT2D eigenvalue weighted by Gasteiger charge is 2.60. The van der Waals surface area contributed by atoms with E-state index in [1.165, 1.54) is 5.56 Å². The number of aryl methyl sites for hydroxylation is 1. The van der Waals surface area contributed by atoms with Gasteiger partial charge >= 0.3 is 5.97 Å². The van der Waals surface area contributed by atoms with Crippen molar-refractivity contribution in [2.24, 2.45) is 23.2 Å². The van der Waals surface area contributed by atoms with Crippen LogP contribution in [0.15, 0.2) is 24.3 Å². The quantitative estimate of drug-likeness (QED) is 0.871. The van der Waals surface area contributed by atoms with Crippen LogP contribution in [0.25, 0.3) is 0 Å². The van der Waals surface area contributed by atoms with Crippen molar-refractivity contribution in [3.63, 3.8) is 0 Å². The lowest BCUT2D eigenvalue weighted by Gasteiger charge is -2.58. The molecule has 5 aliphatic rings. The normalized spacial score (nSPS) is 38.8. The Morgan fingerprint density at radius 3 is 2.19 bits per heavy atom. The van der Waals surface area contributed by atoms with E-state index in [9.17, 15) is 14.7 Å². The Bertz CT molecular complexity index is 748. The average Bonchev–Trinajstić information content (AvgIpc) is 3.40. The summed E-state index contributed by atoms with van der Waals surface area (Å²) in [6.07, 6.45) is 6.37. The van der Waals surface area contributed by atoms with Crippen molar-refractivity contribution < 1.29 is 14.7 Å². The highest BCUT2D eigenvalue weighted by atomic mass is 16.4. The van der Waals surface area contributed by atoms with Crippen molar-refractivity contribution >= 4 is 11.9 Å². The minimum Gasteiger partial charge on any atom is -0.481 e. The van der Waals surface area contributed by atoms with Gasteiger partial charge in [-0.3, -0.25) is 9.59 Å². The first kappa shape index (κ1) is 16.3. The number of amides is 1. The fourth-order valence-electron chi connectivity index (χ4n) is 6.46. The zero-order valence-corrected chi connectivity index (χ0v) is 15.3. The molecule has 4 heteroatoms. The van der Waals surface area contributed by atoms with E-state index in [0.29, 0.717) is 17.8 Å². The van der Waals surface area contributed by atoms with Crippen molar-refractivity contribution in [3.05, 3.63) is 35.4 Å². The van der Waals surface area contributed by atoms with Gasteiger partial charge in [0.15, 0.2) is 0 Å². The molecule has 1 aromatic carbocycles. The number of carbonyl (C=O) groups excluding carboxylic acids is 1. The molecule has 1 aromatic rings. The number of hydrogen-bond acceptors (Lipinski definition) is 2. The summed E-state index contributed by atoms with van der Waals surface area (Å²) in [6.45, 7) is 2.07. The molecule has 5 fully saturated rings. The standard InChI is InChI=1S/C22H27NO3/c1-13-2-4-17(5-3-13)22(6-7-22)19(24)23-18-15-8-14-9-16(18)12-21(10-14,11-15)20(25)26/h2-5,14-16,18H,6-12H2,1H3,(H,23,24)(H,25,26). The molecule has 5 saturated carbocycles. The monoisotopic (exact) mass is 353 g/mol. The van der Waals surface area contributed by atoms with E-state index in [4.69, 9.17) is 0 Å². The molecule has 0 heterocycles. The fraction of sp³-hybridized carbons (Fsp3) is 0.636. The maximum Gasteiger partial charge on any atom is 0.309 e. The molecule has 0 aromatic heterocycles. The van der Waals surface area contributed by atoms with Gasteiger partial charge in [0.25, 0.3) is 0 Å². The van der Waals surface area contributed by atoms with Gasteiger partial charge in [0.05, 0.1) is 10.8 Å². The highest BCUT2D eigenvalue weighted by molar-refractivity contribution is 5.91.